The lowest BCUT2D eigenvalue weighted by atomic mass is 10.1. The summed E-state index contributed by atoms with van der Waals surface area (Å²) in [6, 6.07) is 10.2. The highest BCUT2D eigenvalue weighted by molar-refractivity contribution is 5.99. The lowest BCUT2D eigenvalue weighted by Gasteiger charge is -2.34. The van der Waals surface area contributed by atoms with Gasteiger partial charge in [-0.05, 0) is 56.9 Å². The molecule has 1 saturated heterocycles. The van der Waals surface area contributed by atoms with Crippen LogP contribution in [-0.2, 0) is 17.8 Å². The molecule has 2 heterocycles. The second kappa shape index (κ2) is 9.27. The van der Waals surface area contributed by atoms with Crippen LogP contribution < -0.4 is 4.74 Å². The van der Waals surface area contributed by atoms with Gasteiger partial charge in [0.2, 0.25) is 5.91 Å². The first-order chi connectivity index (χ1) is 15.0. The molecule has 2 aliphatic rings. The molecule has 1 saturated carbocycles. The number of piperazine rings is 1. The highest BCUT2D eigenvalue weighted by Gasteiger charge is 2.34. The molecule has 1 aromatic carbocycles. The van der Waals surface area contributed by atoms with Gasteiger partial charge in [-0.15, -0.1) is 0 Å². The monoisotopic (exact) mass is 423 g/mol. The summed E-state index contributed by atoms with van der Waals surface area (Å²) in [6.45, 7) is 8.42. The van der Waals surface area contributed by atoms with Crippen molar-refractivity contribution in [2.75, 3.05) is 39.8 Å². The summed E-state index contributed by atoms with van der Waals surface area (Å²) in [6.07, 6.45) is 3.00. The molecular formula is C25H33N3O3. The molecule has 6 nitrogen and oxygen atoms in total. The van der Waals surface area contributed by atoms with Crippen molar-refractivity contribution in [3.63, 3.8) is 0 Å². The quantitative estimate of drug-likeness (QED) is 0.613. The first kappa shape index (κ1) is 21.6. The standard InChI is InChI=1S/C25H33N3O3/c1-18-16-23(19(2)28(18)11-10-20-4-8-22(31-3)9-5-20)24(29)17-26-12-14-27(15-13-26)25(30)21-6-7-21/h4-5,8-9,16,21H,6-7,10-15,17H2,1-3H3. The van der Waals surface area contributed by atoms with Gasteiger partial charge in [0, 0.05) is 55.6 Å². The van der Waals surface area contributed by atoms with E-state index in [1.165, 1.54) is 5.56 Å². The van der Waals surface area contributed by atoms with Crippen molar-refractivity contribution in [3.05, 3.63) is 52.8 Å². The van der Waals surface area contributed by atoms with Gasteiger partial charge >= 0.3 is 0 Å². The number of methoxy groups -OCH3 is 1. The molecular weight excluding hydrogens is 390 g/mol. The molecule has 0 N–H and O–H groups in total. The van der Waals surface area contributed by atoms with Gasteiger partial charge in [-0.3, -0.25) is 14.5 Å². The Labute approximate surface area is 184 Å². The van der Waals surface area contributed by atoms with Crippen LogP contribution >= 0.6 is 0 Å². The Balaban J connectivity index is 1.32. The van der Waals surface area contributed by atoms with Crippen molar-refractivity contribution in [3.8, 4) is 5.75 Å². The van der Waals surface area contributed by atoms with E-state index in [1.54, 1.807) is 7.11 Å². The number of carbonyl (C=O) groups is 2. The molecule has 0 radical (unpaired) electrons. The van der Waals surface area contributed by atoms with E-state index in [4.69, 9.17) is 4.74 Å². The van der Waals surface area contributed by atoms with Crippen molar-refractivity contribution >= 4 is 11.7 Å². The average Bonchev–Trinajstić information content (AvgIpc) is 3.59. The minimum Gasteiger partial charge on any atom is -0.497 e. The van der Waals surface area contributed by atoms with E-state index in [9.17, 15) is 9.59 Å². The molecule has 4 rings (SSSR count). The number of carbonyl (C=O) groups excluding carboxylic acids is 2. The molecule has 1 aromatic heterocycles. The fourth-order valence-corrected chi connectivity index (χ4v) is 4.46. The zero-order valence-corrected chi connectivity index (χ0v) is 18.9. The fourth-order valence-electron chi connectivity index (χ4n) is 4.46. The Morgan fingerprint density at radius 1 is 1.03 bits per heavy atom. The maximum absolute atomic E-state index is 13.0. The SMILES string of the molecule is COc1ccc(CCn2c(C)cc(C(=O)CN3CCN(C(=O)C4CC4)CC3)c2C)cc1. The summed E-state index contributed by atoms with van der Waals surface area (Å²) in [5.74, 6) is 1.62. The molecule has 1 aliphatic heterocycles. The van der Waals surface area contributed by atoms with Gasteiger partial charge in [-0.25, -0.2) is 0 Å². The van der Waals surface area contributed by atoms with E-state index in [1.807, 2.05) is 30.0 Å². The number of benzene rings is 1. The van der Waals surface area contributed by atoms with E-state index in [0.29, 0.717) is 12.5 Å². The Kier molecular flexibility index (Phi) is 6.46. The number of aryl methyl sites for hydroxylation is 2. The summed E-state index contributed by atoms with van der Waals surface area (Å²) in [7, 11) is 1.67. The summed E-state index contributed by atoms with van der Waals surface area (Å²) in [5, 5.41) is 0. The Morgan fingerprint density at radius 3 is 2.32 bits per heavy atom. The van der Waals surface area contributed by atoms with Crippen LogP contribution in [-0.4, -0.2) is 65.9 Å². The molecule has 1 aliphatic carbocycles. The Morgan fingerprint density at radius 2 is 1.71 bits per heavy atom. The molecule has 1 amide bonds. The number of hydrogen-bond acceptors (Lipinski definition) is 4. The van der Waals surface area contributed by atoms with Crippen molar-refractivity contribution in [1.29, 1.82) is 0 Å². The van der Waals surface area contributed by atoms with Crippen LogP contribution in [0, 0.1) is 19.8 Å². The Hall–Kier alpha value is -2.60. The Bertz CT molecular complexity index is 936. The smallest absolute Gasteiger partial charge is 0.225 e. The van der Waals surface area contributed by atoms with E-state index >= 15 is 0 Å². The maximum Gasteiger partial charge on any atom is 0.225 e. The number of rotatable bonds is 8. The van der Waals surface area contributed by atoms with Gasteiger partial charge < -0.3 is 14.2 Å². The van der Waals surface area contributed by atoms with Gasteiger partial charge in [-0.1, -0.05) is 12.1 Å². The zero-order chi connectivity index (χ0) is 22.0. The van der Waals surface area contributed by atoms with Crippen molar-refractivity contribution < 1.29 is 14.3 Å². The molecule has 2 fully saturated rings. The number of aromatic nitrogens is 1. The lowest BCUT2D eigenvalue weighted by molar-refractivity contribution is -0.134. The molecule has 0 unspecified atom stereocenters. The molecule has 6 heteroatoms. The molecule has 0 atom stereocenters. The highest BCUT2D eigenvalue weighted by Crippen LogP contribution is 2.31. The van der Waals surface area contributed by atoms with Gasteiger partial charge in [0.1, 0.15) is 5.75 Å². The van der Waals surface area contributed by atoms with Crippen molar-refractivity contribution in [2.45, 2.75) is 39.7 Å². The third kappa shape index (κ3) is 5.01. The topological polar surface area (TPSA) is 54.8 Å². The molecule has 0 bridgehead atoms. The minimum absolute atomic E-state index is 0.172. The minimum atomic E-state index is 0.172. The van der Waals surface area contributed by atoms with E-state index < -0.39 is 0 Å². The van der Waals surface area contributed by atoms with Crippen molar-refractivity contribution in [2.24, 2.45) is 5.92 Å². The summed E-state index contributed by atoms with van der Waals surface area (Å²) >= 11 is 0. The molecule has 2 aromatic rings. The van der Waals surface area contributed by atoms with Crippen LogP contribution in [0.5, 0.6) is 5.75 Å². The van der Waals surface area contributed by atoms with Crippen LogP contribution in [0.1, 0.15) is 40.2 Å². The number of Topliss-reactive ketones (excluding diaryl/α,β-unsaturated/α-hetero) is 1. The van der Waals surface area contributed by atoms with E-state index in [2.05, 4.69) is 28.5 Å². The highest BCUT2D eigenvalue weighted by atomic mass is 16.5. The number of ketones is 1. The first-order valence-corrected chi connectivity index (χ1v) is 11.3. The van der Waals surface area contributed by atoms with Gasteiger partial charge in [-0.2, -0.15) is 0 Å². The number of hydrogen-bond donors (Lipinski definition) is 0. The first-order valence-electron chi connectivity index (χ1n) is 11.3. The third-order valence-corrected chi connectivity index (χ3v) is 6.63. The van der Waals surface area contributed by atoms with Gasteiger partial charge in [0.15, 0.2) is 5.78 Å². The van der Waals surface area contributed by atoms with Gasteiger partial charge in [0.25, 0.3) is 0 Å². The predicted molar refractivity (Wildman–Crippen MR) is 121 cm³/mol. The van der Waals surface area contributed by atoms with Crippen LogP contribution in [0.15, 0.2) is 30.3 Å². The second-order valence-corrected chi connectivity index (χ2v) is 8.83. The fraction of sp³-hybridized carbons (Fsp3) is 0.520. The number of nitrogens with zero attached hydrogens (tertiary/aromatic N) is 3. The summed E-state index contributed by atoms with van der Waals surface area (Å²) < 4.78 is 7.47. The molecule has 166 valence electrons. The van der Waals surface area contributed by atoms with Gasteiger partial charge in [0.05, 0.1) is 13.7 Å². The largest absolute Gasteiger partial charge is 0.497 e. The average molecular weight is 424 g/mol. The zero-order valence-electron chi connectivity index (χ0n) is 18.9. The molecule has 0 spiro atoms. The van der Waals surface area contributed by atoms with Crippen LogP contribution in [0.4, 0.5) is 0 Å². The normalized spacial score (nSPS) is 17.1. The second-order valence-electron chi connectivity index (χ2n) is 8.83. The number of ether oxygens (including phenoxy) is 1. The van der Waals surface area contributed by atoms with Crippen LogP contribution in [0.3, 0.4) is 0 Å². The summed E-state index contributed by atoms with van der Waals surface area (Å²) in [4.78, 5) is 29.4. The summed E-state index contributed by atoms with van der Waals surface area (Å²) in [5.41, 5.74) is 4.23. The van der Waals surface area contributed by atoms with Crippen LogP contribution in [0.2, 0.25) is 0 Å². The van der Waals surface area contributed by atoms with Crippen molar-refractivity contribution in [1.82, 2.24) is 14.4 Å². The maximum atomic E-state index is 13.0. The van der Waals surface area contributed by atoms with E-state index in [0.717, 1.165) is 74.7 Å². The molecule has 31 heavy (non-hydrogen) atoms. The lowest BCUT2D eigenvalue weighted by Crippen LogP contribution is -2.50. The third-order valence-electron chi connectivity index (χ3n) is 6.63. The van der Waals surface area contributed by atoms with E-state index in [-0.39, 0.29) is 11.7 Å². The predicted octanol–water partition coefficient (Wildman–Crippen LogP) is 3.09. The van der Waals surface area contributed by atoms with Crippen LogP contribution in [0.25, 0.3) is 0 Å². The number of amides is 1.